The van der Waals surface area contributed by atoms with Gasteiger partial charge in [0.2, 0.25) is 5.91 Å². The molecule has 0 bridgehead atoms. The standard InChI is InChI=1S/C17H13ClN2O2/c18-12-5-7-13(8-6-12)19-17(22)11-20-10-9-16(21)14-3-1-2-4-15(14)20/h1-10H,11H2,(H,19,22). The van der Waals surface area contributed by atoms with Crippen molar-refractivity contribution >= 4 is 34.1 Å². The van der Waals surface area contributed by atoms with E-state index in [2.05, 4.69) is 5.32 Å². The Kier molecular flexibility index (Phi) is 3.94. The summed E-state index contributed by atoms with van der Waals surface area (Å²) in [6.07, 6.45) is 1.63. The Bertz CT molecular complexity index is 885. The molecule has 0 saturated heterocycles. The van der Waals surface area contributed by atoms with Crippen molar-refractivity contribution in [1.82, 2.24) is 4.57 Å². The fourth-order valence-corrected chi connectivity index (χ4v) is 2.41. The SMILES string of the molecule is O=C(Cn1ccc(=O)c2ccccc21)Nc1ccc(Cl)cc1. The van der Waals surface area contributed by atoms with Gasteiger partial charge in [0.1, 0.15) is 6.54 Å². The van der Waals surface area contributed by atoms with Gasteiger partial charge in [-0.1, -0.05) is 23.7 Å². The summed E-state index contributed by atoms with van der Waals surface area (Å²) in [4.78, 5) is 24.0. The minimum absolute atomic E-state index is 0.0510. The van der Waals surface area contributed by atoms with E-state index in [1.807, 2.05) is 18.2 Å². The van der Waals surface area contributed by atoms with Crippen molar-refractivity contribution in [2.24, 2.45) is 0 Å². The smallest absolute Gasteiger partial charge is 0.244 e. The van der Waals surface area contributed by atoms with E-state index in [-0.39, 0.29) is 17.9 Å². The first kappa shape index (κ1) is 14.4. The van der Waals surface area contributed by atoms with Crippen LogP contribution in [0.2, 0.25) is 5.02 Å². The van der Waals surface area contributed by atoms with Crippen molar-refractivity contribution in [2.45, 2.75) is 6.54 Å². The molecule has 2 aromatic carbocycles. The van der Waals surface area contributed by atoms with Crippen LogP contribution in [-0.4, -0.2) is 10.5 Å². The molecule has 1 N–H and O–H groups in total. The molecule has 22 heavy (non-hydrogen) atoms. The molecule has 110 valence electrons. The van der Waals surface area contributed by atoms with Gasteiger partial charge in [0.15, 0.2) is 5.43 Å². The number of nitrogens with zero attached hydrogens (tertiary/aromatic N) is 1. The maximum Gasteiger partial charge on any atom is 0.244 e. The van der Waals surface area contributed by atoms with Crippen molar-refractivity contribution in [3.63, 3.8) is 0 Å². The van der Waals surface area contributed by atoms with Crippen LogP contribution in [0.25, 0.3) is 10.9 Å². The molecule has 0 radical (unpaired) electrons. The highest BCUT2D eigenvalue weighted by molar-refractivity contribution is 6.30. The molecule has 0 saturated carbocycles. The molecule has 5 heteroatoms. The molecule has 0 aliphatic rings. The molecule has 1 heterocycles. The maximum absolute atomic E-state index is 12.2. The van der Waals surface area contributed by atoms with E-state index in [4.69, 9.17) is 11.6 Å². The Morgan fingerprint density at radius 2 is 1.77 bits per heavy atom. The molecule has 0 unspecified atom stereocenters. The third kappa shape index (κ3) is 3.02. The van der Waals surface area contributed by atoms with Crippen LogP contribution in [0.1, 0.15) is 0 Å². The number of aromatic nitrogens is 1. The molecule has 0 atom stereocenters. The minimum Gasteiger partial charge on any atom is -0.338 e. The number of carbonyl (C=O) groups excluding carboxylic acids is 1. The van der Waals surface area contributed by atoms with Gasteiger partial charge in [0.25, 0.3) is 0 Å². The minimum atomic E-state index is -0.170. The Morgan fingerprint density at radius 3 is 2.55 bits per heavy atom. The van der Waals surface area contributed by atoms with E-state index >= 15 is 0 Å². The molecule has 0 spiro atoms. The first-order chi connectivity index (χ1) is 10.6. The molecule has 0 aliphatic heterocycles. The number of hydrogen-bond acceptors (Lipinski definition) is 2. The number of halogens is 1. The first-order valence-electron chi connectivity index (χ1n) is 6.77. The van der Waals surface area contributed by atoms with E-state index in [1.165, 1.54) is 6.07 Å². The normalized spacial score (nSPS) is 10.6. The molecule has 4 nitrogen and oxygen atoms in total. The number of rotatable bonds is 3. The zero-order chi connectivity index (χ0) is 15.5. The lowest BCUT2D eigenvalue weighted by atomic mass is 10.2. The van der Waals surface area contributed by atoms with Gasteiger partial charge in [0.05, 0.1) is 5.52 Å². The highest BCUT2D eigenvalue weighted by Gasteiger charge is 2.07. The zero-order valence-corrected chi connectivity index (χ0v) is 12.4. The number of carbonyl (C=O) groups is 1. The van der Waals surface area contributed by atoms with Crippen LogP contribution in [-0.2, 0) is 11.3 Å². The van der Waals surface area contributed by atoms with Crippen LogP contribution in [0.3, 0.4) is 0 Å². The van der Waals surface area contributed by atoms with Gasteiger partial charge in [-0.3, -0.25) is 9.59 Å². The second-order valence-corrected chi connectivity index (χ2v) is 5.32. The van der Waals surface area contributed by atoms with Gasteiger partial charge in [-0.2, -0.15) is 0 Å². The summed E-state index contributed by atoms with van der Waals surface area (Å²) in [6, 6.07) is 15.6. The second-order valence-electron chi connectivity index (χ2n) is 4.88. The predicted molar refractivity (Wildman–Crippen MR) is 88.3 cm³/mol. The van der Waals surface area contributed by atoms with E-state index in [0.717, 1.165) is 5.52 Å². The lowest BCUT2D eigenvalue weighted by Gasteiger charge is -2.11. The van der Waals surface area contributed by atoms with Gasteiger partial charge in [-0.25, -0.2) is 0 Å². The highest BCUT2D eigenvalue weighted by Crippen LogP contribution is 2.14. The summed E-state index contributed by atoms with van der Waals surface area (Å²) in [5, 5.41) is 4.02. The summed E-state index contributed by atoms with van der Waals surface area (Å²) >= 11 is 5.81. The lowest BCUT2D eigenvalue weighted by Crippen LogP contribution is -2.20. The average molecular weight is 313 g/mol. The number of hydrogen-bond donors (Lipinski definition) is 1. The van der Waals surface area contributed by atoms with Crippen molar-refractivity contribution in [1.29, 1.82) is 0 Å². The Morgan fingerprint density at radius 1 is 1.05 bits per heavy atom. The summed E-state index contributed by atoms with van der Waals surface area (Å²) in [5.41, 5.74) is 1.37. The summed E-state index contributed by atoms with van der Waals surface area (Å²) in [7, 11) is 0. The van der Waals surface area contributed by atoms with Crippen LogP contribution in [0, 0.1) is 0 Å². The Labute approximate surface area is 132 Å². The molecule has 0 aliphatic carbocycles. The summed E-state index contributed by atoms with van der Waals surface area (Å²) in [5.74, 6) is -0.170. The number of amides is 1. The largest absolute Gasteiger partial charge is 0.338 e. The molecule has 1 aromatic heterocycles. The van der Waals surface area contributed by atoms with Gasteiger partial charge >= 0.3 is 0 Å². The van der Waals surface area contributed by atoms with E-state index in [9.17, 15) is 9.59 Å². The maximum atomic E-state index is 12.2. The molecule has 1 amide bonds. The number of anilines is 1. The molecular weight excluding hydrogens is 300 g/mol. The van der Waals surface area contributed by atoms with Gasteiger partial charge < -0.3 is 9.88 Å². The number of nitrogens with one attached hydrogen (secondary N) is 1. The Balaban J connectivity index is 1.84. The van der Waals surface area contributed by atoms with E-state index in [1.54, 1.807) is 41.1 Å². The second kappa shape index (κ2) is 6.03. The van der Waals surface area contributed by atoms with Gasteiger partial charge in [-0.05, 0) is 36.4 Å². The fourth-order valence-electron chi connectivity index (χ4n) is 2.29. The molecular formula is C17H13ClN2O2. The van der Waals surface area contributed by atoms with Crippen molar-refractivity contribution < 1.29 is 4.79 Å². The molecule has 0 fully saturated rings. The number of pyridine rings is 1. The third-order valence-corrected chi connectivity index (χ3v) is 3.58. The van der Waals surface area contributed by atoms with Crippen LogP contribution in [0.15, 0.2) is 65.6 Å². The fraction of sp³-hybridized carbons (Fsp3) is 0.0588. The number of benzene rings is 2. The van der Waals surface area contributed by atoms with Crippen molar-refractivity contribution in [3.05, 3.63) is 76.0 Å². The zero-order valence-electron chi connectivity index (χ0n) is 11.6. The summed E-state index contributed by atoms with van der Waals surface area (Å²) < 4.78 is 1.75. The van der Waals surface area contributed by atoms with Crippen LogP contribution < -0.4 is 10.7 Å². The first-order valence-corrected chi connectivity index (χ1v) is 7.15. The van der Waals surface area contributed by atoms with Crippen molar-refractivity contribution in [3.8, 4) is 0 Å². The quantitative estimate of drug-likeness (QED) is 0.807. The summed E-state index contributed by atoms with van der Waals surface area (Å²) in [6.45, 7) is 0.128. The van der Waals surface area contributed by atoms with Gasteiger partial charge in [-0.15, -0.1) is 0 Å². The monoisotopic (exact) mass is 312 g/mol. The Hall–Kier alpha value is -2.59. The molecule has 3 rings (SSSR count). The van der Waals surface area contributed by atoms with Crippen LogP contribution in [0.5, 0.6) is 0 Å². The van der Waals surface area contributed by atoms with Crippen LogP contribution >= 0.6 is 11.6 Å². The van der Waals surface area contributed by atoms with Crippen LogP contribution in [0.4, 0.5) is 5.69 Å². The lowest BCUT2D eigenvalue weighted by molar-refractivity contribution is -0.116. The average Bonchev–Trinajstić information content (AvgIpc) is 2.53. The third-order valence-electron chi connectivity index (χ3n) is 3.33. The molecule has 3 aromatic rings. The van der Waals surface area contributed by atoms with E-state index in [0.29, 0.717) is 16.1 Å². The van der Waals surface area contributed by atoms with Gasteiger partial charge in [0, 0.05) is 28.4 Å². The number of fused-ring (bicyclic) bond motifs is 1. The highest BCUT2D eigenvalue weighted by atomic mass is 35.5. The van der Waals surface area contributed by atoms with E-state index < -0.39 is 0 Å². The van der Waals surface area contributed by atoms with Crippen molar-refractivity contribution in [2.75, 3.05) is 5.32 Å². The predicted octanol–water partition coefficient (Wildman–Crippen LogP) is 3.29. The topological polar surface area (TPSA) is 51.1 Å². The number of para-hydroxylation sites is 1.